The molecule has 10 rings (SSSR count). The van der Waals surface area contributed by atoms with Crippen molar-refractivity contribution in [3.05, 3.63) is 188 Å². The summed E-state index contributed by atoms with van der Waals surface area (Å²) >= 11 is 0. The highest BCUT2D eigenvalue weighted by Gasteiger charge is 2.15. The van der Waals surface area contributed by atoms with Gasteiger partial charge in [0.2, 0.25) is 0 Å². The zero-order valence-electron chi connectivity index (χ0n) is 29.1. The van der Waals surface area contributed by atoms with E-state index in [2.05, 4.69) is 164 Å². The first-order valence-electron chi connectivity index (χ1n) is 18.0. The minimum absolute atomic E-state index is 0.602. The molecule has 0 saturated carbocycles. The van der Waals surface area contributed by atoms with Gasteiger partial charge in [-0.2, -0.15) is 0 Å². The van der Waals surface area contributed by atoms with E-state index in [0.29, 0.717) is 17.5 Å². The molecule has 5 nitrogen and oxygen atoms in total. The number of aromatic nitrogens is 5. The van der Waals surface area contributed by atoms with E-state index < -0.39 is 0 Å². The van der Waals surface area contributed by atoms with Crippen LogP contribution in [0.5, 0.6) is 0 Å². The third kappa shape index (κ3) is 5.74. The lowest BCUT2D eigenvalue weighted by molar-refractivity contribution is 1.07. The Morgan fingerprint density at radius 2 is 0.611 bits per heavy atom. The van der Waals surface area contributed by atoms with E-state index in [1.807, 2.05) is 24.5 Å². The van der Waals surface area contributed by atoms with Gasteiger partial charge in [0.05, 0.1) is 11.4 Å². The van der Waals surface area contributed by atoms with Crippen LogP contribution >= 0.6 is 0 Å². The molecule has 3 aromatic heterocycles. The van der Waals surface area contributed by atoms with Gasteiger partial charge in [-0.25, -0.2) is 15.0 Å². The number of hydrogen-bond acceptors (Lipinski definition) is 5. The number of nitrogens with zero attached hydrogens (tertiary/aromatic N) is 5. The summed E-state index contributed by atoms with van der Waals surface area (Å²) in [6.07, 6.45) is 3.73. The van der Waals surface area contributed by atoms with Crippen LogP contribution in [0.3, 0.4) is 0 Å². The van der Waals surface area contributed by atoms with E-state index >= 15 is 0 Å². The molecule has 0 atom stereocenters. The predicted molar refractivity (Wildman–Crippen MR) is 221 cm³/mol. The maximum atomic E-state index is 5.06. The number of fused-ring (bicyclic) bond motifs is 3. The lowest BCUT2D eigenvalue weighted by Crippen LogP contribution is -2.00. The third-order valence-electron chi connectivity index (χ3n) is 10.1. The summed E-state index contributed by atoms with van der Waals surface area (Å²) in [6.45, 7) is 0. The minimum atomic E-state index is 0.602. The number of pyridine rings is 2. The minimum Gasteiger partial charge on any atom is -0.256 e. The van der Waals surface area contributed by atoms with Gasteiger partial charge in [-0.3, -0.25) is 9.97 Å². The summed E-state index contributed by atoms with van der Waals surface area (Å²) in [5.41, 5.74) is 9.00. The average molecular weight is 690 g/mol. The number of hydrogen-bond donors (Lipinski definition) is 0. The summed E-state index contributed by atoms with van der Waals surface area (Å²) in [7, 11) is 0. The van der Waals surface area contributed by atoms with Gasteiger partial charge in [-0.15, -0.1) is 0 Å². The van der Waals surface area contributed by atoms with Crippen LogP contribution in [-0.2, 0) is 0 Å². The molecule has 0 aliphatic heterocycles. The number of rotatable bonds is 6. The molecule has 5 heteroatoms. The molecule has 0 N–H and O–H groups in total. The van der Waals surface area contributed by atoms with Gasteiger partial charge in [0.1, 0.15) is 0 Å². The van der Waals surface area contributed by atoms with Crippen LogP contribution in [0.15, 0.2) is 188 Å². The lowest BCUT2D eigenvalue weighted by Gasteiger charge is -2.11. The summed E-state index contributed by atoms with van der Waals surface area (Å²) in [4.78, 5) is 24.6. The Balaban J connectivity index is 1.06. The topological polar surface area (TPSA) is 64.5 Å². The van der Waals surface area contributed by atoms with Gasteiger partial charge in [0.15, 0.2) is 17.5 Å². The monoisotopic (exact) mass is 689 g/mol. The maximum Gasteiger partial charge on any atom is 0.164 e. The summed E-state index contributed by atoms with van der Waals surface area (Å²) in [5.74, 6) is 1.81. The first kappa shape index (κ1) is 31.4. The molecule has 0 unspecified atom stereocenters. The van der Waals surface area contributed by atoms with Crippen molar-refractivity contribution in [2.45, 2.75) is 0 Å². The second-order valence-electron chi connectivity index (χ2n) is 13.3. The molecule has 54 heavy (non-hydrogen) atoms. The molecule has 0 fully saturated rings. The Kier molecular flexibility index (Phi) is 7.73. The molecule has 0 aliphatic carbocycles. The molecular weight excluding hydrogens is 659 g/mol. The third-order valence-corrected chi connectivity index (χ3v) is 10.1. The van der Waals surface area contributed by atoms with Gasteiger partial charge in [-0.05, 0) is 44.8 Å². The van der Waals surface area contributed by atoms with E-state index in [4.69, 9.17) is 24.9 Å². The van der Waals surface area contributed by atoms with Crippen molar-refractivity contribution in [1.29, 1.82) is 0 Å². The Morgan fingerprint density at radius 3 is 1.07 bits per heavy atom. The molecule has 0 amide bonds. The fraction of sp³-hybridized carbons (Fsp3) is 0. The van der Waals surface area contributed by atoms with Crippen LogP contribution < -0.4 is 0 Å². The fourth-order valence-corrected chi connectivity index (χ4v) is 7.29. The standard InChI is InChI=1S/C49H31N5/c1-4-12-41-32(8-1)11-7-15-42(41)35-16-22-38(23-17-35)47-52-48(39-24-18-36(19-25-39)45-43-13-5-2-9-33(43)28-30-50-45)54-49(53-47)40-26-20-37(21-27-40)46-44-14-6-3-10-34(44)29-31-51-46/h1-31H. The van der Waals surface area contributed by atoms with Crippen molar-refractivity contribution in [2.75, 3.05) is 0 Å². The zero-order chi connectivity index (χ0) is 35.8. The molecule has 0 bridgehead atoms. The molecule has 0 spiro atoms. The Hall–Kier alpha value is -7.37. The van der Waals surface area contributed by atoms with Gasteiger partial charge in [-0.1, -0.05) is 164 Å². The van der Waals surface area contributed by atoms with Gasteiger partial charge < -0.3 is 0 Å². The molecule has 0 saturated heterocycles. The van der Waals surface area contributed by atoms with Crippen molar-refractivity contribution in [3.63, 3.8) is 0 Å². The first-order chi connectivity index (χ1) is 26.7. The van der Waals surface area contributed by atoms with Crippen molar-refractivity contribution in [3.8, 4) is 67.8 Å². The molecule has 7 aromatic carbocycles. The molecule has 0 aliphatic rings. The van der Waals surface area contributed by atoms with Crippen molar-refractivity contribution in [2.24, 2.45) is 0 Å². The molecule has 10 aromatic rings. The maximum absolute atomic E-state index is 5.06. The van der Waals surface area contributed by atoms with E-state index in [1.54, 1.807) is 0 Å². The van der Waals surface area contributed by atoms with Crippen molar-refractivity contribution in [1.82, 2.24) is 24.9 Å². The average Bonchev–Trinajstić information content (AvgIpc) is 3.26. The smallest absolute Gasteiger partial charge is 0.164 e. The lowest BCUT2D eigenvalue weighted by atomic mass is 9.97. The van der Waals surface area contributed by atoms with Crippen LogP contribution in [-0.4, -0.2) is 24.9 Å². The van der Waals surface area contributed by atoms with Crippen LogP contribution in [0.25, 0.3) is 100 Å². The second kappa shape index (κ2) is 13.3. The highest BCUT2D eigenvalue weighted by Crippen LogP contribution is 2.33. The largest absolute Gasteiger partial charge is 0.256 e. The molecule has 252 valence electrons. The normalized spacial score (nSPS) is 11.3. The highest BCUT2D eigenvalue weighted by molar-refractivity contribution is 5.97. The molecular formula is C49H31N5. The van der Waals surface area contributed by atoms with Crippen LogP contribution in [0.2, 0.25) is 0 Å². The van der Waals surface area contributed by atoms with Gasteiger partial charge >= 0.3 is 0 Å². The van der Waals surface area contributed by atoms with E-state index in [0.717, 1.165) is 66.3 Å². The Bertz CT molecular complexity index is 2620. The number of benzene rings is 7. The summed E-state index contributed by atoms with van der Waals surface area (Å²) in [5, 5.41) is 6.99. The van der Waals surface area contributed by atoms with Gasteiger partial charge in [0.25, 0.3) is 0 Å². The molecule has 3 heterocycles. The van der Waals surface area contributed by atoms with Gasteiger partial charge in [0, 0.05) is 51.0 Å². The van der Waals surface area contributed by atoms with E-state index in [1.165, 1.54) is 16.3 Å². The van der Waals surface area contributed by atoms with Crippen LogP contribution in [0, 0.1) is 0 Å². The van der Waals surface area contributed by atoms with Crippen molar-refractivity contribution < 1.29 is 0 Å². The quantitative estimate of drug-likeness (QED) is 0.174. The van der Waals surface area contributed by atoms with E-state index in [9.17, 15) is 0 Å². The first-order valence-corrected chi connectivity index (χ1v) is 18.0. The summed E-state index contributed by atoms with van der Waals surface area (Å²) in [6, 6.07) is 60.8. The fourth-order valence-electron chi connectivity index (χ4n) is 7.29. The van der Waals surface area contributed by atoms with E-state index in [-0.39, 0.29) is 0 Å². The SMILES string of the molecule is c1ccc2c(-c3ccc(-c4nc(-c5ccc(-c6nccc7ccccc67)cc5)nc(-c5ccc(-c6nccc7ccccc67)cc5)n4)cc3)cccc2c1. The summed E-state index contributed by atoms with van der Waals surface area (Å²) < 4.78 is 0. The Labute approximate surface area is 312 Å². The Morgan fingerprint density at radius 1 is 0.259 bits per heavy atom. The zero-order valence-corrected chi connectivity index (χ0v) is 29.1. The predicted octanol–water partition coefficient (Wildman–Crippen LogP) is 12.1. The molecule has 0 radical (unpaired) electrons. The second-order valence-corrected chi connectivity index (χ2v) is 13.3. The van der Waals surface area contributed by atoms with Crippen LogP contribution in [0.1, 0.15) is 0 Å². The highest BCUT2D eigenvalue weighted by atomic mass is 15.0. The van der Waals surface area contributed by atoms with Crippen LogP contribution in [0.4, 0.5) is 0 Å². The van der Waals surface area contributed by atoms with Crippen molar-refractivity contribution >= 4 is 32.3 Å².